The zero-order valence-corrected chi connectivity index (χ0v) is 15.7. The summed E-state index contributed by atoms with van der Waals surface area (Å²) in [6.45, 7) is 1.72. The molecule has 2 amide bonds. The molecule has 3 heterocycles. The summed E-state index contributed by atoms with van der Waals surface area (Å²) in [4.78, 5) is 19.5. The van der Waals surface area contributed by atoms with Crippen molar-refractivity contribution < 1.29 is 18.8 Å². The van der Waals surface area contributed by atoms with E-state index >= 15 is 0 Å². The van der Waals surface area contributed by atoms with Gasteiger partial charge in [0, 0.05) is 24.2 Å². The van der Waals surface area contributed by atoms with Gasteiger partial charge in [-0.15, -0.1) is 0 Å². The van der Waals surface area contributed by atoms with Gasteiger partial charge < -0.3 is 24.2 Å². The summed E-state index contributed by atoms with van der Waals surface area (Å²) in [5.41, 5.74) is 0.682. The van der Waals surface area contributed by atoms with E-state index in [4.69, 9.17) is 14.0 Å². The Morgan fingerprint density at radius 3 is 2.79 bits per heavy atom. The minimum atomic E-state index is -0.181. The van der Waals surface area contributed by atoms with Crippen molar-refractivity contribution in [2.45, 2.75) is 50.5 Å². The van der Waals surface area contributed by atoms with Crippen LogP contribution in [0.5, 0.6) is 11.5 Å². The molecule has 2 fully saturated rings. The summed E-state index contributed by atoms with van der Waals surface area (Å²) in [6.07, 6.45) is 6.18. The van der Waals surface area contributed by atoms with Crippen LogP contribution in [0.25, 0.3) is 0 Å². The lowest BCUT2D eigenvalue weighted by Gasteiger charge is -2.28. The van der Waals surface area contributed by atoms with E-state index < -0.39 is 0 Å². The zero-order valence-electron chi connectivity index (χ0n) is 15.7. The highest BCUT2D eigenvalue weighted by molar-refractivity contribution is 5.90. The van der Waals surface area contributed by atoms with Gasteiger partial charge in [0.1, 0.15) is 19.3 Å². The van der Waals surface area contributed by atoms with Gasteiger partial charge in [0.2, 0.25) is 5.89 Å². The molecule has 2 aromatic rings. The lowest BCUT2D eigenvalue weighted by atomic mass is 10.1. The molecule has 1 N–H and O–H groups in total. The molecule has 1 unspecified atom stereocenters. The van der Waals surface area contributed by atoms with Gasteiger partial charge in [-0.2, -0.15) is 4.98 Å². The number of hydrogen-bond acceptors (Lipinski definition) is 6. The van der Waals surface area contributed by atoms with Crippen molar-refractivity contribution in [2.24, 2.45) is 0 Å². The number of urea groups is 1. The highest BCUT2D eigenvalue weighted by Crippen LogP contribution is 2.39. The quantitative estimate of drug-likeness (QED) is 0.864. The Balaban J connectivity index is 1.34. The molecule has 5 rings (SSSR count). The number of carbonyl (C=O) groups excluding carboxylic acids is 1. The number of hydrogen-bond donors (Lipinski definition) is 1. The molecule has 1 aromatic carbocycles. The molecule has 1 aromatic heterocycles. The number of rotatable bonds is 3. The van der Waals surface area contributed by atoms with Gasteiger partial charge in [-0.05, 0) is 37.8 Å². The number of aromatic nitrogens is 2. The maximum atomic E-state index is 13.1. The van der Waals surface area contributed by atoms with Crippen molar-refractivity contribution in [1.82, 2.24) is 15.0 Å². The molecular formula is C20H24N4O4. The van der Waals surface area contributed by atoms with Crippen molar-refractivity contribution >= 4 is 11.7 Å². The fraction of sp³-hybridized carbons (Fsp3) is 0.550. The molecule has 3 aliphatic rings. The van der Waals surface area contributed by atoms with Crippen LogP contribution in [-0.2, 0) is 0 Å². The maximum absolute atomic E-state index is 13.1. The summed E-state index contributed by atoms with van der Waals surface area (Å²) < 4.78 is 16.7. The average Bonchev–Trinajstić information content (AvgIpc) is 3.50. The molecule has 0 radical (unpaired) electrons. The second kappa shape index (κ2) is 7.33. The van der Waals surface area contributed by atoms with E-state index in [0.29, 0.717) is 48.8 Å². The van der Waals surface area contributed by atoms with E-state index in [1.54, 1.807) is 6.07 Å². The van der Waals surface area contributed by atoms with Crippen LogP contribution in [0.1, 0.15) is 62.2 Å². The average molecular weight is 384 g/mol. The second-order valence-corrected chi connectivity index (χ2v) is 7.61. The highest BCUT2D eigenvalue weighted by Gasteiger charge is 2.34. The highest BCUT2D eigenvalue weighted by atomic mass is 16.6. The van der Waals surface area contributed by atoms with Gasteiger partial charge in [-0.25, -0.2) is 4.79 Å². The van der Waals surface area contributed by atoms with Crippen LogP contribution in [0.15, 0.2) is 22.7 Å². The molecule has 148 valence electrons. The predicted octanol–water partition coefficient (Wildman–Crippen LogP) is 3.87. The molecule has 0 spiro atoms. The Bertz CT molecular complexity index is 864. The molecule has 1 atom stereocenters. The van der Waals surface area contributed by atoms with E-state index in [1.165, 1.54) is 0 Å². The van der Waals surface area contributed by atoms with Gasteiger partial charge in [-0.1, -0.05) is 18.0 Å². The topological polar surface area (TPSA) is 89.7 Å². The molecule has 8 nitrogen and oxygen atoms in total. The second-order valence-electron chi connectivity index (χ2n) is 7.61. The molecule has 2 aliphatic heterocycles. The minimum absolute atomic E-state index is 0.158. The van der Waals surface area contributed by atoms with Gasteiger partial charge >= 0.3 is 6.03 Å². The zero-order chi connectivity index (χ0) is 18.9. The van der Waals surface area contributed by atoms with Crippen molar-refractivity contribution in [3.05, 3.63) is 29.9 Å². The summed E-state index contributed by atoms with van der Waals surface area (Å²) in [7, 11) is 0. The van der Waals surface area contributed by atoms with Crippen LogP contribution in [0.4, 0.5) is 10.5 Å². The van der Waals surface area contributed by atoms with E-state index in [2.05, 4.69) is 15.5 Å². The number of nitrogens with zero attached hydrogens (tertiary/aromatic N) is 3. The number of ether oxygens (including phenoxy) is 2. The number of carbonyl (C=O) groups is 1. The summed E-state index contributed by atoms with van der Waals surface area (Å²) in [5.74, 6) is 3.13. The van der Waals surface area contributed by atoms with Crippen LogP contribution >= 0.6 is 0 Å². The molecule has 28 heavy (non-hydrogen) atoms. The smallest absolute Gasteiger partial charge is 0.322 e. The Hall–Kier alpha value is -2.77. The Kier molecular flexibility index (Phi) is 4.54. The third-order valence-corrected chi connectivity index (χ3v) is 5.49. The molecular weight excluding hydrogens is 360 g/mol. The van der Waals surface area contributed by atoms with Crippen LogP contribution in [0, 0.1) is 0 Å². The van der Waals surface area contributed by atoms with Crippen LogP contribution in [0.3, 0.4) is 0 Å². The summed E-state index contributed by atoms with van der Waals surface area (Å²) in [5, 5.41) is 7.13. The number of amides is 2. The third kappa shape index (κ3) is 3.50. The monoisotopic (exact) mass is 384 g/mol. The van der Waals surface area contributed by atoms with Crippen molar-refractivity contribution in [3.63, 3.8) is 0 Å². The number of benzene rings is 1. The Morgan fingerprint density at radius 2 is 1.93 bits per heavy atom. The first-order valence-electron chi connectivity index (χ1n) is 10.1. The first-order chi connectivity index (χ1) is 13.8. The predicted molar refractivity (Wildman–Crippen MR) is 101 cm³/mol. The first-order valence-corrected chi connectivity index (χ1v) is 10.1. The molecule has 1 aliphatic carbocycles. The number of anilines is 1. The van der Waals surface area contributed by atoms with E-state index in [-0.39, 0.29) is 12.1 Å². The van der Waals surface area contributed by atoms with Crippen LogP contribution < -0.4 is 14.8 Å². The number of fused-ring (bicyclic) bond motifs is 1. The molecule has 1 saturated heterocycles. The van der Waals surface area contributed by atoms with Gasteiger partial charge in [-0.3, -0.25) is 0 Å². The summed E-state index contributed by atoms with van der Waals surface area (Å²) in [6, 6.07) is 5.12. The standard InChI is InChI=1S/C20H24N4O4/c25-20(21-14-7-8-16-17(12-14)27-11-10-26-16)24-9-3-1-2-4-15(24)19-22-18(23-28-19)13-5-6-13/h7-8,12-13,15H,1-6,9-11H2,(H,21,25). The lowest BCUT2D eigenvalue weighted by Crippen LogP contribution is -2.38. The normalized spacial score (nSPS) is 21.9. The third-order valence-electron chi connectivity index (χ3n) is 5.49. The number of likely N-dealkylation sites (tertiary alicyclic amines) is 1. The molecule has 0 bridgehead atoms. The largest absolute Gasteiger partial charge is 0.486 e. The number of nitrogens with one attached hydrogen (secondary N) is 1. The van der Waals surface area contributed by atoms with Crippen molar-refractivity contribution in [1.29, 1.82) is 0 Å². The minimum Gasteiger partial charge on any atom is -0.486 e. The fourth-order valence-electron chi connectivity index (χ4n) is 3.81. The molecule has 1 saturated carbocycles. The fourth-order valence-corrected chi connectivity index (χ4v) is 3.81. The van der Waals surface area contributed by atoms with Gasteiger partial charge in [0.05, 0.1) is 0 Å². The maximum Gasteiger partial charge on any atom is 0.322 e. The summed E-state index contributed by atoms with van der Waals surface area (Å²) >= 11 is 0. The Labute approximate surface area is 163 Å². The van der Waals surface area contributed by atoms with Gasteiger partial charge in [0.25, 0.3) is 0 Å². The Morgan fingerprint density at radius 1 is 1.07 bits per heavy atom. The van der Waals surface area contributed by atoms with Crippen molar-refractivity contribution in [3.8, 4) is 11.5 Å². The van der Waals surface area contributed by atoms with Gasteiger partial charge in [0.15, 0.2) is 17.3 Å². The van der Waals surface area contributed by atoms with E-state index in [1.807, 2.05) is 17.0 Å². The van der Waals surface area contributed by atoms with E-state index in [0.717, 1.165) is 44.3 Å². The SMILES string of the molecule is O=C(Nc1ccc2c(c1)OCCO2)N1CCCCCC1c1nc(C2CC2)no1. The van der Waals surface area contributed by atoms with Crippen LogP contribution in [-0.4, -0.2) is 40.8 Å². The molecule has 8 heteroatoms. The van der Waals surface area contributed by atoms with Crippen LogP contribution in [0.2, 0.25) is 0 Å². The lowest BCUT2D eigenvalue weighted by molar-refractivity contribution is 0.170. The van der Waals surface area contributed by atoms with E-state index in [9.17, 15) is 4.79 Å². The van der Waals surface area contributed by atoms with Crippen molar-refractivity contribution in [2.75, 3.05) is 25.1 Å². The first kappa shape index (κ1) is 17.3.